The first-order valence-electron chi connectivity index (χ1n) is 15.1. The monoisotopic (exact) mass is 611 g/mol. The molecule has 0 saturated carbocycles. The van der Waals surface area contributed by atoms with E-state index < -0.39 is 35.8 Å². The number of halogens is 1. The van der Waals surface area contributed by atoms with Gasteiger partial charge in [-0.1, -0.05) is 45.0 Å². The highest BCUT2D eigenvalue weighted by Crippen LogP contribution is 2.31. The lowest BCUT2D eigenvalue weighted by Gasteiger charge is -2.32. The van der Waals surface area contributed by atoms with Gasteiger partial charge in [-0.3, -0.25) is 19.2 Å². The highest BCUT2D eigenvalue weighted by molar-refractivity contribution is 5.93. The van der Waals surface area contributed by atoms with Gasteiger partial charge in [0.05, 0.1) is 6.04 Å². The number of phenolic OH excluding ortho intramolecular Hbond substituents is 1. The number of hydrogen-bond donors (Lipinski definition) is 4. The number of amides is 4. The zero-order valence-electron chi connectivity index (χ0n) is 26.4. The molecule has 3 atom stereocenters. The number of carbonyl (C=O) groups excluding carboxylic acids is 4. The van der Waals surface area contributed by atoms with Crippen LogP contribution >= 0.6 is 0 Å². The van der Waals surface area contributed by atoms with Crippen LogP contribution in [0.1, 0.15) is 63.1 Å². The lowest BCUT2D eigenvalue weighted by molar-refractivity contribution is -0.142. The van der Waals surface area contributed by atoms with E-state index in [0.717, 1.165) is 5.56 Å². The van der Waals surface area contributed by atoms with Gasteiger partial charge in [-0.25, -0.2) is 4.39 Å². The Morgan fingerprint density at radius 1 is 1.11 bits per heavy atom. The van der Waals surface area contributed by atoms with E-state index in [-0.39, 0.29) is 55.2 Å². The van der Waals surface area contributed by atoms with E-state index in [2.05, 4.69) is 10.6 Å². The number of hydrogen-bond acceptors (Lipinski definition) is 6. The summed E-state index contributed by atoms with van der Waals surface area (Å²) in [5.74, 6) is -1.76. The molecule has 1 saturated heterocycles. The molecule has 1 aliphatic rings. The molecule has 44 heavy (non-hydrogen) atoms. The summed E-state index contributed by atoms with van der Waals surface area (Å²) in [5.41, 5.74) is 8.02. The predicted octanol–water partition coefficient (Wildman–Crippen LogP) is 2.40. The minimum atomic E-state index is -0.991. The molecule has 0 bridgehead atoms. The second kappa shape index (κ2) is 15.1. The van der Waals surface area contributed by atoms with Crippen molar-refractivity contribution in [2.45, 2.75) is 82.8 Å². The number of rotatable bonds is 6. The minimum absolute atomic E-state index is 0.127. The van der Waals surface area contributed by atoms with Crippen LogP contribution in [0.5, 0.6) is 5.75 Å². The Hall–Kier alpha value is -3.99. The third-order valence-corrected chi connectivity index (χ3v) is 8.00. The molecule has 3 rings (SSSR count). The van der Waals surface area contributed by atoms with Gasteiger partial charge in [0, 0.05) is 40.0 Å². The first kappa shape index (κ1) is 34.5. The predicted molar refractivity (Wildman–Crippen MR) is 166 cm³/mol. The van der Waals surface area contributed by atoms with E-state index in [1.54, 1.807) is 31.3 Å². The summed E-state index contributed by atoms with van der Waals surface area (Å²) in [7, 11) is 3.10. The van der Waals surface area contributed by atoms with E-state index >= 15 is 0 Å². The summed E-state index contributed by atoms with van der Waals surface area (Å²) < 4.78 is 13.4. The third-order valence-electron chi connectivity index (χ3n) is 8.00. The molecule has 1 aliphatic heterocycles. The topological polar surface area (TPSA) is 145 Å². The van der Waals surface area contributed by atoms with Crippen LogP contribution in [0.3, 0.4) is 0 Å². The SMILES string of the molecule is CN1CCC(=O)NCCCC[C@H](N(C)C(=O)[C@@H](N)Cc2ccc(F)cc2)C(=O)NC(Cc2ccc(O)c(C(C)(C)C)c2)C1=O. The molecule has 10 nitrogen and oxygen atoms in total. The Kier molecular flexibility index (Phi) is 11.9. The minimum Gasteiger partial charge on any atom is -0.508 e. The molecule has 1 unspecified atom stereocenters. The molecule has 0 radical (unpaired) electrons. The van der Waals surface area contributed by atoms with E-state index in [9.17, 15) is 28.7 Å². The molecule has 0 aliphatic carbocycles. The van der Waals surface area contributed by atoms with Crippen molar-refractivity contribution < 1.29 is 28.7 Å². The standard InChI is InChI=1S/C33H46FN5O5/c1-33(2,3)24-18-22(11-14-28(24)40)20-26-32(44)38(4)17-15-29(41)36-16-7-6-8-27(30(42)37-26)39(5)31(43)25(35)19-21-9-12-23(34)13-10-21/h9-14,18,25-27,40H,6-8,15-17,19-20,35H2,1-5H3,(H,36,41)(H,37,42)/t25-,26?,27-/m0/s1. The summed E-state index contributed by atoms with van der Waals surface area (Å²) in [6.45, 7) is 6.48. The number of benzene rings is 2. The van der Waals surface area contributed by atoms with Crippen molar-refractivity contribution in [2.75, 3.05) is 27.2 Å². The fourth-order valence-electron chi connectivity index (χ4n) is 5.32. The molecule has 2 aromatic carbocycles. The maximum Gasteiger partial charge on any atom is 0.245 e. The number of aromatic hydroxyl groups is 1. The van der Waals surface area contributed by atoms with Crippen LogP contribution in [0, 0.1) is 5.82 Å². The van der Waals surface area contributed by atoms with Gasteiger partial charge in [0.2, 0.25) is 23.6 Å². The van der Waals surface area contributed by atoms with Crippen LogP contribution in [0.2, 0.25) is 0 Å². The van der Waals surface area contributed by atoms with Crippen molar-refractivity contribution in [3.63, 3.8) is 0 Å². The number of nitrogens with two attached hydrogens (primary N) is 1. The lowest BCUT2D eigenvalue weighted by Crippen LogP contribution is -2.57. The fourth-order valence-corrected chi connectivity index (χ4v) is 5.32. The molecule has 4 amide bonds. The van der Waals surface area contributed by atoms with Crippen molar-refractivity contribution in [1.29, 1.82) is 0 Å². The Morgan fingerprint density at radius 2 is 1.77 bits per heavy atom. The number of nitrogens with one attached hydrogen (secondary N) is 2. The summed E-state index contributed by atoms with van der Waals surface area (Å²) in [6, 6.07) is 7.96. The van der Waals surface area contributed by atoms with Crippen molar-refractivity contribution in [1.82, 2.24) is 20.4 Å². The summed E-state index contributed by atoms with van der Waals surface area (Å²) in [5, 5.41) is 16.2. The molecule has 1 fully saturated rings. The Bertz CT molecular complexity index is 1330. The zero-order valence-corrected chi connectivity index (χ0v) is 26.4. The van der Waals surface area contributed by atoms with Gasteiger partial charge in [0.1, 0.15) is 23.7 Å². The molecular formula is C33H46FN5O5. The van der Waals surface area contributed by atoms with Gasteiger partial charge in [0.25, 0.3) is 0 Å². The van der Waals surface area contributed by atoms with Crippen LogP contribution in [0.15, 0.2) is 42.5 Å². The van der Waals surface area contributed by atoms with Crippen LogP contribution in [-0.4, -0.2) is 83.8 Å². The Morgan fingerprint density at radius 3 is 2.43 bits per heavy atom. The summed E-state index contributed by atoms with van der Waals surface area (Å²) >= 11 is 0. The Labute approximate surface area is 259 Å². The van der Waals surface area contributed by atoms with Gasteiger partial charge in [-0.2, -0.15) is 0 Å². The molecule has 240 valence electrons. The number of nitrogens with zero attached hydrogens (tertiary/aromatic N) is 2. The third kappa shape index (κ3) is 9.51. The van der Waals surface area contributed by atoms with Crippen LogP contribution in [-0.2, 0) is 37.4 Å². The van der Waals surface area contributed by atoms with Gasteiger partial charge in [-0.05, 0) is 66.0 Å². The van der Waals surface area contributed by atoms with Gasteiger partial charge in [0.15, 0.2) is 0 Å². The smallest absolute Gasteiger partial charge is 0.245 e. The van der Waals surface area contributed by atoms with Gasteiger partial charge < -0.3 is 31.3 Å². The average Bonchev–Trinajstić information content (AvgIpc) is 2.97. The highest BCUT2D eigenvalue weighted by atomic mass is 19.1. The largest absolute Gasteiger partial charge is 0.508 e. The number of likely N-dealkylation sites (N-methyl/N-ethyl adjacent to an activating group) is 2. The van der Waals surface area contributed by atoms with Crippen molar-refractivity contribution in [2.24, 2.45) is 5.73 Å². The molecule has 1 heterocycles. The van der Waals surface area contributed by atoms with E-state index in [1.807, 2.05) is 26.8 Å². The normalized spacial score (nSPS) is 19.9. The molecule has 2 aromatic rings. The Balaban J connectivity index is 1.89. The van der Waals surface area contributed by atoms with Crippen LogP contribution in [0.25, 0.3) is 0 Å². The van der Waals surface area contributed by atoms with Crippen molar-refractivity contribution in [3.8, 4) is 5.75 Å². The average molecular weight is 612 g/mol. The second-order valence-electron chi connectivity index (χ2n) is 12.6. The molecular weight excluding hydrogens is 565 g/mol. The van der Waals surface area contributed by atoms with Crippen molar-refractivity contribution in [3.05, 3.63) is 65.0 Å². The molecule has 0 aromatic heterocycles. The maximum atomic E-state index is 13.9. The van der Waals surface area contributed by atoms with Crippen LogP contribution in [0.4, 0.5) is 4.39 Å². The molecule has 11 heteroatoms. The quantitative estimate of drug-likeness (QED) is 0.395. The van der Waals surface area contributed by atoms with Gasteiger partial charge >= 0.3 is 0 Å². The zero-order chi connectivity index (χ0) is 32.6. The second-order valence-corrected chi connectivity index (χ2v) is 12.6. The van der Waals surface area contributed by atoms with E-state index in [4.69, 9.17) is 5.73 Å². The van der Waals surface area contributed by atoms with E-state index in [1.165, 1.54) is 29.0 Å². The fraction of sp³-hybridized carbons (Fsp3) is 0.515. The highest BCUT2D eigenvalue weighted by Gasteiger charge is 2.33. The van der Waals surface area contributed by atoms with Crippen LogP contribution < -0.4 is 16.4 Å². The van der Waals surface area contributed by atoms with Gasteiger partial charge in [-0.15, -0.1) is 0 Å². The number of carbonyl (C=O) groups is 4. The maximum absolute atomic E-state index is 13.9. The van der Waals surface area contributed by atoms with E-state index in [0.29, 0.717) is 30.5 Å². The van der Waals surface area contributed by atoms with Crippen molar-refractivity contribution >= 4 is 23.6 Å². The number of phenols is 1. The summed E-state index contributed by atoms with van der Waals surface area (Å²) in [6.07, 6.45) is 1.85. The summed E-state index contributed by atoms with van der Waals surface area (Å²) in [4.78, 5) is 56.1. The lowest BCUT2D eigenvalue weighted by atomic mass is 9.84. The first-order valence-corrected chi connectivity index (χ1v) is 15.1. The molecule has 0 spiro atoms. The molecule has 5 N–H and O–H groups in total. The first-order chi connectivity index (χ1) is 20.7.